The molecule has 0 aromatic carbocycles. The summed E-state index contributed by atoms with van der Waals surface area (Å²) >= 11 is 0. The summed E-state index contributed by atoms with van der Waals surface area (Å²) in [5.74, 6) is 0. The molecule has 0 aromatic rings. The van der Waals surface area contributed by atoms with Gasteiger partial charge in [0, 0.05) is 0 Å². The average Bonchev–Trinajstić information content (AvgIpc) is 1.65. The Morgan fingerprint density at radius 1 is 1.67 bits per heavy atom. The van der Waals surface area contributed by atoms with Crippen LogP contribution in [0.3, 0.4) is 0 Å². The summed E-state index contributed by atoms with van der Waals surface area (Å²) in [7, 11) is 0. The number of rotatable bonds is 1. The molecule has 0 nitrogen and oxygen atoms in total. The Labute approximate surface area is 39.2 Å². The quantitative estimate of drug-likeness (QED) is 0.423. The van der Waals surface area contributed by atoms with Crippen LogP contribution >= 0.6 is 0 Å². The standard InChI is InChI=1S/C6H9/c1-4-6(3)5-2/h4-5H,1,3H2,2H3/b6-5+. The molecule has 0 fully saturated rings. The third kappa shape index (κ3) is 1.77. The maximum absolute atomic E-state index is 3.62. The van der Waals surface area contributed by atoms with Crippen LogP contribution < -0.4 is 0 Å². The predicted octanol–water partition coefficient (Wildman–Crippen LogP) is 1.95. The molecule has 0 amide bonds. The maximum atomic E-state index is 3.62. The van der Waals surface area contributed by atoms with Gasteiger partial charge in [0.1, 0.15) is 0 Å². The van der Waals surface area contributed by atoms with Gasteiger partial charge in [0.2, 0.25) is 0 Å². The fourth-order valence-corrected chi connectivity index (χ4v) is 0.118. The molecule has 0 saturated carbocycles. The van der Waals surface area contributed by atoms with E-state index in [0.717, 1.165) is 5.57 Å². The Balaban J connectivity index is 3.50. The van der Waals surface area contributed by atoms with Crippen molar-refractivity contribution in [1.29, 1.82) is 0 Å². The lowest BCUT2D eigenvalue weighted by atomic mass is 10.3. The first kappa shape index (κ1) is 5.48. The largest absolute Gasteiger partial charge is 0.0988 e. The van der Waals surface area contributed by atoms with Crippen molar-refractivity contribution in [2.75, 3.05) is 0 Å². The van der Waals surface area contributed by atoms with Crippen LogP contribution in [0.5, 0.6) is 0 Å². The lowest BCUT2D eigenvalue weighted by molar-refractivity contribution is 1.62. The van der Waals surface area contributed by atoms with Crippen LogP contribution in [0.4, 0.5) is 0 Å². The predicted molar refractivity (Wildman–Crippen MR) is 29.3 cm³/mol. The van der Waals surface area contributed by atoms with Gasteiger partial charge in [-0.25, -0.2) is 0 Å². The zero-order valence-electron chi connectivity index (χ0n) is 4.07. The minimum atomic E-state index is 0.981. The Morgan fingerprint density at radius 3 is 2.17 bits per heavy atom. The summed E-state index contributed by atoms with van der Waals surface area (Å²) in [6.07, 6.45) is 3.63. The van der Waals surface area contributed by atoms with Gasteiger partial charge in [0.15, 0.2) is 0 Å². The third-order valence-corrected chi connectivity index (χ3v) is 0.633. The summed E-state index contributed by atoms with van der Waals surface area (Å²) in [5.41, 5.74) is 0.981. The smallest absolute Gasteiger partial charge is 0.0242 e. The van der Waals surface area contributed by atoms with Crippen molar-refractivity contribution in [1.82, 2.24) is 0 Å². The zero-order chi connectivity index (χ0) is 4.99. The Morgan fingerprint density at radius 2 is 2.17 bits per heavy atom. The molecule has 33 valence electrons. The van der Waals surface area contributed by atoms with Crippen molar-refractivity contribution in [3.63, 3.8) is 0 Å². The van der Waals surface area contributed by atoms with E-state index in [1.165, 1.54) is 0 Å². The van der Waals surface area contributed by atoms with Gasteiger partial charge in [-0.1, -0.05) is 24.3 Å². The van der Waals surface area contributed by atoms with Gasteiger partial charge in [-0.05, 0) is 13.8 Å². The van der Waals surface area contributed by atoms with E-state index in [1.54, 1.807) is 6.08 Å². The van der Waals surface area contributed by atoms with E-state index in [1.807, 2.05) is 13.0 Å². The van der Waals surface area contributed by atoms with Crippen molar-refractivity contribution in [3.05, 3.63) is 31.2 Å². The molecule has 0 heterocycles. The van der Waals surface area contributed by atoms with Gasteiger partial charge in [-0.3, -0.25) is 0 Å². The van der Waals surface area contributed by atoms with Crippen LogP contribution in [0.15, 0.2) is 24.3 Å². The summed E-state index contributed by atoms with van der Waals surface area (Å²) in [6, 6.07) is 0. The van der Waals surface area contributed by atoms with Gasteiger partial charge < -0.3 is 0 Å². The summed E-state index contributed by atoms with van der Waals surface area (Å²) in [5, 5.41) is 0. The number of allylic oxidation sites excluding steroid dienone is 3. The molecule has 0 saturated heterocycles. The second-order valence-corrected chi connectivity index (χ2v) is 1.07. The molecule has 6 heavy (non-hydrogen) atoms. The Hall–Kier alpha value is -0.520. The van der Waals surface area contributed by atoms with E-state index >= 15 is 0 Å². The molecule has 0 unspecified atom stereocenters. The van der Waals surface area contributed by atoms with E-state index in [-0.39, 0.29) is 0 Å². The van der Waals surface area contributed by atoms with Crippen LogP contribution in [0.2, 0.25) is 0 Å². The van der Waals surface area contributed by atoms with Gasteiger partial charge in [-0.2, -0.15) is 0 Å². The van der Waals surface area contributed by atoms with Crippen molar-refractivity contribution in [3.8, 4) is 0 Å². The van der Waals surface area contributed by atoms with Gasteiger partial charge >= 0.3 is 0 Å². The zero-order valence-corrected chi connectivity index (χ0v) is 4.07. The van der Waals surface area contributed by atoms with E-state index in [9.17, 15) is 0 Å². The molecule has 0 N–H and O–H groups in total. The molecule has 1 radical (unpaired) electrons. The number of hydrogen-bond acceptors (Lipinski definition) is 0. The molecule has 0 atom stereocenters. The molecule has 0 aliphatic heterocycles. The Kier molecular flexibility index (Phi) is 2.47. The highest BCUT2D eigenvalue weighted by Crippen LogP contribution is 1.87. The highest BCUT2D eigenvalue weighted by molar-refractivity contribution is 5.17. The highest BCUT2D eigenvalue weighted by Gasteiger charge is 1.66. The summed E-state index contributed by atoms with van der Waals surface area (Å²) in [4.78, 5) is 0. The monoisotopic (exact) mass is 81.1 g/mol. The van der Waals surface area contributed by atoms with E-state index in [2.05, 4.69) is 13.5 Å². The SMILES string of the molecule is [CH2]/C(C=C)=C\C. The van der Waals surface area contributed by atoms with Crippen LogP contribution in [-0.2, 0) is 0 Å². The van der Waals surface area contributed by atoms with Gasteiger partial charge in [0.25, 0.3) is 0 Å². The lowest BCUT2D eigenvalue weighted by Crippen LogP contribution is -1.58. The summed E-state index contributed by atoms with van der Waals surface area (Å²) < 4.78 is 0. The van der Waals surface area contributed by atoms with Crippen molar-refractivity contribution < 1.29 is 0 Å². The topological polar surface area (TPSA) is 0 Å². The van der Waals surface area contributed by atoms with Crippen molar-refractivity contribution >= 4 is 0 Å². The second-order valence-electron chi connectivity index (χ2n) is 1.07. The lowest BCUT2D eigenvalue weighted by Gasteiger charge is -1.78. The van der Waals surface area contributed by atoms with E-state index in [4.69, 9.17) is 0 Å². The molecular formula is C6H9. The first-order valence-corrected chi connectivity index (χ1v) is 1.92. The van der Waals surface area contributed by atoms with E-state index < -0.39 is 0 Å². The fourth-order valence-electron chi connectivity index (χ4n) is 0.118. The molecular weight excluding hydrogens is 72.1 g/mol. The van der Waals surface area contributed by atoms with Gasteiger partial charge in [0.05, 0.1) is 0 Å². The van der Waals surface area contributed by atoms with Gasteiger partial charge in [-0.15, -0.1) is 0 Å². The van der Waals surface area contributed by atoms with Crippen LogP contribution in [0.25, 0.3) is 0 Å². The normalized spacial score (nSPS) is 11.3. The minimum Gasteiger partial charge on any atom is -0.0988 e. The molecule has 0 rings (SSSR count). The maximum Gasteiger partial charge on any atom is -0.0242 e. The molecule has 0 heteroatoms. The van der Waals surface area contributed by atoms with Crippen molar-refractivity contribution in [2.45, 2.75) is 6.92 Å². The van der Waals surface area contributed by atoms with E-state index in [0.29, 0.717) is 0 Å². The molecule has 0 aliphatic carbocycles. The van der Waals surface area contributed by atoms with Crippen LogP contribution in [-0.4, -0.2) is 0 Å². The summed E-state index contributed by atoms with van der Waals surface area (Å²) in [6.45, 7) is 9.05. The highest BCUT2D eigenvalue weighted by atomic mass is 13.7. The first-order valence-electron chi connectivity index (χ1n) is 1.92. The third-order valence-electron chi connectivity index (χ3n) is 0.633. The second kappa shape index (κ2) is 2.70. The minimum absolute atomic E-state index is 0.981. The van der Waals surface area contributed by atoms with Crippen LogP contribution in [0.1, 0.15) is 6.92 Å². The fraction of sp³-hybridized carbons (Fsp3) is 0.167. The van der Waals surface area contributed by atoms with Crippen LogP contribution in [0, 0.1) is 6.92 Å². The molecule has 0 bridgehead atoms. The number of hydrogen-bond donors (Lipinski definition) is 0. The first-order chi connectivity index (χ1) is 2.81. The molecule has 0 spiro atoms. The molecule has 0 aromatic heterocycles. The Bertz CT molecular complexity index is 68.1. The molecule has 0 aliphatic rings. The van der Waals surface area contributed by atoms with Crippen molar-refractivity contribution in [2.24, 2.45) is 0 Å². The average molecular weight is 81.1 g/mol.